The van der Waals surface area contributed by atoms with Crippen molar-refractivity contribution in [2.75, 3.05) is 19.8 Å². The fourth-order valence-corrected chi connectivity index (χ4v) is 2.07. The van der Waals surface area contributed by atoms with E-state index in [1.165, 1.54) is 0 Å². The third-order valence-corrected chi connectivity index (χ3v) is 3.00. The van der Waals surface area contributed by atoms with E-state index in [1.807, 2.05) is 12.1 Å². The zero-order chi connectivity index (χ0) is 14.4. The van der Waals surface area contributed by atoms with Crippen molar-refractivity contribution in [3.8, 4) is 11.5 Å². The molecular weight excluding hydrogens is 278 g/mol. The van der Waals surface area contributed by atoms with Crippen molar-refractivity contribution in [2.45, 2.75) is 13.0 Å². The molecule has 2 rings (SSSR count). The van der Waals surface area contributed by atoms with Gasteiger partial charge in [0.05, 0.1) is 24.8 Å². The number of rotatable bonds is 4. The van der Waals surface area contributed by atoms with Crippen LogP contribution in [0.2, 0.25) is 5.02 Å². The molecule has 1 aromatic carbocycles. The third kappa shape index (κ3) is 3.81. The number of fused-ring (bicyclic) bond motifs is 1. The summed E-state index contributed by atoms with van der Waals surface area (Å²) < 4.78 is 11.2. The number of ether oxygens (including phenoxy) is 2. The summed E-state index contributed by atoms with van der Waals surface area (Å²) in [6, 6.07) is 3.70. The quantitative estimate of drug-likeness (QED) is 0.507. The second-order valence-corrected chi connectivity index (χ2v) is 4.73. The highest BCUT2D eigenvalue weighted by Crippen LogP contribution is 2.38. The lowest BCUT2D eigenvalue weighted by Crippen LogP contribution is -2.31. The Morgan fingerprint density at radius 3 is 3.05 bits per heavy atom. The molecule has 6 heteroatoms. The Kier molecular flexibility index (Phi) is 5.12. The largest absolute Gasteiger partial charge is 0.489 e. The van der Waals surface area contributed by atoms with Gasteiger partial charge in [0.15, 0.2) is 17.5 Å². The van der Waals surface area contributed by atoms with Crippen LogP contribution in [0.4, 0.5) is 0 Å². The predicted molar refractivity (Wildman–Crippen MR) is 80.6 cm³/mol. The van der Waals surface area contributed by atoms with E-state index in [9.17, 15) is 0 Å². The van der Waals surface area contributed by atoms with Crippen molar-refractivity contribution in [2.24, 2.45) is 10.7 Å². The van der Waals surface area contributed by atoms with E-state index < -0.39 is 0 Å². The smallest absolute Gasteiger partial charge is 0.189 e. The minimum Gasteiger partial charge on any atom is -0.489 e. The highest BCUT2D eigenvalue weighted by atomic mass is 35.5. The molecule has 0 radical (unpaired) electrons. The number of nitrogens with zero attached hydrogens (tertiary/aromatic N) is 1. The van der Waals surface area contributed by atoms with Crippen LogP contribution in [0, 0.1) is 0 Å². The van der Waals surface area contributed by atoms with E-state index in [0.717, 1.165) is 12.0 Å². The van der Waals surface area contributed by atoms with E-state index in [-0.39, 0.29) is 0 Å². The summed E-state index contributed by atoms with van der Waals surface area (Å²) in [5.74, 6) is 1.64. The van der Waals surface area contributed by atoms with Gasteiger partial charge in [-0.3, -0.25) is 0 Å². The molecule has 0 bridgehead atoms. The van der Waals surface area contributed by atoms with Crippen LogP contribution in [0.1, 0.15) is 12.0 Å². The minimum atomic E-state index is 0.369. The number of nitrogens with one attached hydrogen (secondary N) is 1. The van der Waals surface area contributed by atoms with Gasteiger partial charge >= 0.3 is 0 Å². The van der Waals surface area contributed by atoms with E-state index in [0.29, 0.717) is 48.8 Å². The highest BCUT2D eigenvalue weighted by molar-refractivity contribution is 6.32. The molecule has 5 nitrogen and oxygen atoms in total. The number of nitrogens with two attached hydrogens (primary N) is 1. The summed E-state index contributed by atoms with van der Waals surface area (Å²) in [7, 11) is 0. The molecule has 0 unspecified atom stereocenters. The number of halogens is 1. The maximum absolute atomic E-state index is 6.21. The summed E-state index contributed by atoms with van der Waals surface area (Å²) in [6.45, 7) is 5.84. The number of hydrogen-bond donors (Lipinski definition) is 2. The molecule has 1 aromatic rings. The van der Waals surface area contributed by atoms with Crippen LogP contribution < -0.4 is 20.5 Å². The molecule has 20 heavy (non-hydrogen) atoms. The van der Waals surface area contributed by atoms with Crippen LogP contribution >= 0.6 is 11.6 Å². The maximum atomic E-state index is 6.21. The summed E-state index contributed by atoms with van der Waals surface area (Å²) in [6.07, 6.45) is 2.56. The topological polar surface area (TPSA) is 68.9 Å². The molecule has 0 aliphatic carbocycles. The molecule has 0 fully saturated rings. The first-order chi connectivity index (χ1) is 9.70. The van der Waals surface area contributed by atoms with Crippen molar-refractivity contribution in [1.82, 2.24) is 5.32 Å². The lowest BCUT2D eigenvalue weighted by Gasteiger charge is -2.11. The summed E-state index contributed by atoms with van der Waals surface area (Å²) in [5, 5.41) is 3.44. The van der Waals surface area contributed by atoms with Crippen molar-refractivity contribution in [3.63, 3.8) is 0 Å². The molecule has 0 atom stereocenters. The van der Waals surface area contributed by atoms with Crippen LogP contribution in [0.3, 0.4) is 0 Å². The van der Waals surface area contributed by atoms with Gasteiger partial charge in [-0.1, -0.05) is 17.7 Å². The normalized spacial score (nSPS) is 14.6. The number of benzene rings is 1. The Labute approximate surface area is 123 Å². The molecule has 0 saturated carbocycles. The fraction of sp³-hybridized carbons (Fsp3) is 0.357. The van der Waals surface area contributed by atoms with E-state index in [4.69, 9.17) is 26.8 Å². The van der Waals surface area contributed by atoms with Crippen LogP contribution in [-0.4, -0.2) is 25.7 Å². The van der Waals surface area contributed by atoms with Crippen molar-refractivity contribution in [1.29, 1.82) is 0 Å². The van der Waals surface area contributed by atoms with Gasteiger partial charge in [-0.05, 0) is 17.7 Å². The minimum absolute atomic E-state index is 0.369. The Morgan fingerprint density at radius 2 is 2.25 bits per heavy atom. The molecule has 0 saturated heterocycles. The third-order valence-electron chi connectivity index (χ3n) is 2.72. The maximum Gasteiger partial charge on any atom is 0.189 e. The van der Waals surface area contributed by atoms with E-state index in [2.05, 4.69) is 16.9 Å². The monoisotopic (exact) mass is 295 g/mol. The van der Waals surface area contributed by atoms with E-state index >= 15 is 0 Å². The molecule has 0 aromatic heterocycles. The van der Waals surface area contributed by atoms with E-state index in [1.54, 1.807) is 6.08 Å². The molecule has 1 heterocycles. The van der Waals surface area contributed by atoms with Gasteiger partial charge < -0.3 is 20.5 Å². The van der Waals surface area contributed by atoms with Gasteiger partial charge in [-0.2, -0.15) is 0 Å². The van der Waals surface area contributed by atoms with Crippen molar-refractivity contribution < 1.29 is 9.47 Å². The lowest BCUT2D eigenvalue weighted by molar-refractivity contribution is 0.297. The lowest BCUT2D eigenvalue weighted by atomic mass is 10.2. The fourth-order valence-electron chi connectivity index (χ4n) is 1.78. The standard InChI is InChI=1S/C14H18ClN3O2/c1-2-4-17-14(16)18-9-10-7-11(15)13-12(8-10)19-5-3-6-20-13/h2,7-8H,1,3-6,9H2,(H3,16,17,18). The van der Waals surface area contributed by atoms with Crippen LogP contribution in [0.25, 0.3) is 0 Å². The SMILES string of the molecule is C=CCNC(N)=NCc1cc(Cl)c2c(c1)OCCCO2. The zero-order valence-corrected chi connectivity index (χ0v) is 11.9. The highest BCUT2D eigenvalue weighted by Gasteiger charge is 2.15. The Bertz CT molecular complexity index is 517. The first-order valence-corrected chi connectivity index (χ1v) is 6.81. The van der Waals surface area contributed by atoms with Crippen LogP contribution in [-0.2, 0) is 6.54 Å². The second kappa shape index (κ2) is 7.05. The second-order valence-electron chi connectivity index (χ2n) is 4.33. The Morgan fingerprint density at radius 1 is 1.45 bits per heavy atom. The van der Waals surface area contributed by atoms with Crippen LogP contribution in [0.15, 0.2) is 29.8 Å². The number of hydrogen-bond acceptors (Lipinski definition) is 3. The zero-order valence-electron chi connectivity index (χ0n) is 11.2. The van der Waals surface area contributed by atoms with Gasteiger partial charge in [0, 0.05) is 13.0 Å². The molecular formula is C14H18ClN3O2. The molecule has 108 valence electrons. The van der Waals surface area contributed by atoms with Gasteiger partial charge in [0.1, 0.15) is 0 Å². The molecule has 1 aliphatic heterocycles. The first-order valence-electron chi connectivity index (χ1n) is 6.43. The summed E-state index contributed by atoms with van der Waals surface area (Å²) in [4.78, 5) is 4.23. The first kappa shape index (κ1) is 14.5. The number of aliphatic imine (C=N–C) groups is 1. The number of guanidine groups is 1. The molecule has 3 N–H and O–H groups in total. The van der Waals surface area contributed by atoms with Gasteiger partial charge in [0.2, 0.25) is 0 Å². The molecule has 0 amide bonds. The average Bonchev–Trinajstić information content (AvgIpc) is 2.68. The van der Waals surface area contributed by atoms with Gasteiger partial charge in [-0.15, -0.1) is 6.58 Å². The van der Waals surface area contributed by atoms with Crippen molar-refractivity contribution in [3.05, 3.63) is 35.4 Å². The van der Waals surface area contributed by atoms with Crippen LogP contribution in [0.5, 0.6) is 11.5 Å². The van der Waals surface area contributed by atoms with Gasteiger partial charge in [0.25, 0.3) is 0 Å². The Hall–Kier alpha value is -1.88. The summed E-state index contributed by atoms with van der Waals surface area (Å²) in [5.41, 5.74) is 6.63. The predicted octanol–water partition coefficient (Wildman–Crippen LogP) is 2.09. The Balaban J connectivity index is 2.11. The van der Waals surface area contributed by atoms with Crippen molar-refractivity contribution >= 4 is 17.6 Å². The average molecular weight is 296 g/mol. The molecule has 0 spiro atoms. The van der Waals surface area contributed by atoms with Gasteiger partial charge in [-0.25, -0.2) is 4.99 Å². The molecule has 1 aliphatic rings. The summed E-state index contributed by atoms with van der Waals surface area (Å²) >= 11 is 6.21.